The Bertz CT molecular complexity index is 1480. The Morgan fingerprint density at radius 3 is 2.51 bits per heavy atom. The molecule has 35 heavy (non-hydrogen) atoms. The monoisotopic (exact) mass is 465 g/mol. The van der Waals surface area contributed by atoms with Gasteiger partial charge >= 0.3 is 5.97 Å². The first-order chi connectivity index (χ1) is 17.1. The fourth-order valence-corrected chi connectivity index (χ4v) is 4.05. The molecule has 0 spiro atoms. The summed E-state index contributed by atoms with van der Waals surface area (Å²) in [4.78, 5) is 19.9. The van der Waals surface area contributed by atoms with Crippen LogP contribution < -0.4 is 10.1 Å². The number of hydrogen-bond donors (Lipinski definition) is 2. The number of carboxylic acids is 1. The molecule has 3 aromatic carbocycles. The Morgan fingerprint density at radius 1 is 0.971 bits per heavy atom. The highest BCUT2D eigenvalue weighted by Crippen LogP contribution is 2.43. The molecule has 0 atom stereocenters. The van der Waals surface area contributed by atoms with Crippen LogP contribution in [0.1, 0.15) is 12.0 Å². The van der Waals surface area contributed by atoms with Crippen LogP contribution in [0, 0.1) is 0 Å². The third kappa shape index (κ3) is 4.70. The molecule has 5 aromatic rings. The number of hydrogen-bond acceptors (Lipinski definition) is 6. The largest absolute Gasteiger partial charge is 0.497 e. The van der Waals surface area contributed by atoms with Crippen LogP contribution in [-0.2, 0) is 11.2 Å². The molecule has 174 valence electrons. The lowest BCUT2D eigenvalue weighted by atomic mass is 9.99. The second kappa shape index (κ2) is 9.69. The molecule has 2 heterocycles. The van der Waals surface area contributed by atoms with Gasteiger partial charge in [-0.05, 0) is 41.8 Å². The molecule has 0 bridgehead atoms. The van der Waals surface area contributed by atoms with Crippen LogP contribution in [0.5, 0.6) is 5.75 Å². The average Bonchev–Trinajstić information content (AvgIpc) is 3.29. The quantitative estimate of drug-likeness (QED) is 0.276. The van der Waals surface area contributed by atoms with Crippen molar-refractivity contribution in [3.8, 4) is 28.2 Å². The molecular weight excluding hydrogens is 442 g/mol. The van der Waals surface area contributed by atoms with Gasteiger partial charge in [0, 0.05) is 23.2 Å². The summed E-state index contributed by atoms with van der Waals surface area (Å²) in [6.45, 7) is 0. The Labute approximate surface area is 202 Å². The Morgan fingerprint density at radius 2 is 1.77 bits per heavy atom. The Hall–Kier alpha value is -4.65. The number of aliphatic carboxylic acids is 1. The second-order valence-corrected chi connectivity index (χ2v) is 8.02. The van der Waals surface area contributed by atoms with Crippen molar-refractivity contribution in [2.75, 3.05) is 12.4 Å². The number of rotatable bonds is 8. The first-order valence-corrected chi connectivity index (χ1v) is 11.2. The number of aryl methyl sites for hydroxylation is 1. The lowest BCUT2D eigenvalue weighted by Crippen LogP contribution is -1.99. The summed E-state index contributed by atoms with van der Waals surface area (Å²) in [6.07, 6.45) is 1.99. The molecule has 0 radical (unpaired) electrons. The minimum Gasteiger partial charge on any atom is -0.497 e. The fraction of sp³-hybridized carbons (Fsp3) is 0.107. The number of ether oxygens (including phenoxy) is 1. The summed E-state index contributed by atoms with van der Waals surface area (Å²) < 4.78 is 11.6. The van der Waals surface area contributed by atoms with E-state index in [1.807, 2.05) is 78.9 Å². The van der Waals surface area contributed by atoms with Gasteiger partial charge in [0.1, 0.15) is 23.7 Å². The van der Waals surface area contributed by atoms with E-state index in [1.165, 1.54) is 6.33 Å². The average molecular weight is 466 g/mol. The second-order valence-electron chi connectivity index (χ2n) is 8.02. The van der Waals surface area contributed by atoms with E-state index in [1.54, 1.807) is 7.11 Å². The smallest absolute Gasteiger partial charge is 0.303 e. The van der Waals surface area contributed by atoms with E-state index in [-0.39, 0.29) is 6.42 Å². The van der Waals surface area contributed by atoms with Crippen LogP contribution >= 0.6 is 0 Å². The van der Waals surface area contributed by atoms with Crippen LogP contribution in [-0.4, -0.2) is 28.2 Å². The Kier molecular flexibility index (Phi) is 6.13. The number of aromatic nitrogens is 2. The number of furan rings is 1. The molecular formula is C28H23N3O4. The summed E-state index contributed by atoms with van der Waals surface area (Å²) in [5, 5.41) is 13.2. The number of fused-ring (bicyclic) bond motifs is 1. The third-order valence-corrected chi connectivity index (χ3v) is 5.72. The molecule has 0 saturated heterocycles. The fourth-order valence-electron chi connectivity index (χ4n) is 4.05. The number of nitrogens with one attached hydrogen (secondary N) is 1. The van der Waals surface area contributed by atoms with Crippen molar-refractivity contribution in [3.05, 3.63) is 90.8 Å². The zero-order chi connectivity index (χ0) is 24.2. The number of methoxy groups -OCH3 is 1. The van der Waals surface area contributed by atoms with E-state index in [9.17, 15) is 4.79 Å². The molecule has 7 nitrogen and oxygen atoms in total. The summed E-state index contributed by atoms with van der Waals surface area (Å²) in [7, 11) is 1.64. The van der Waals surface area contributed by atoms with E-state index in [4.69, 9.17) is 14.3 Å². The molecule has 0 amide bonds. The molecule has 0 aliphatic carbocycles. The van der Waals surface area contributed by atoms with Crippen LogP contribution in [0.25, 0.3) is 33.6 Å². The number of nitrogens with zero attached hydrogens (tertiary/aromatic N) is 2. The van der Waals surface area contributed by atoms with Gasteiger partial charge < -0.3 is 19.6 Å². The maximum absolute atomic E-state index is 11.0. The van der Waals surface area contributed by atoms with E-state index in [0.717, 1.165) is 39.1 Å². The van der Waals surface area contributed by atoms with Gasteiger partial charge in [0.2, 0.25) is 5.71 Å². The summed E-state index contributed by atoms with van der Waals surface area (Å²) >= 11 is 0. The van der Waals surface area contributed by atoms with E-state index in [0.29, 0.717) is 23.7 Å². The molecule has 0 unspecified atom stereocenters. The van der Waals surface area contributed by atoms with Crippen molar-refractivity contribution in [2.45, 2.75) is 12.8 Å². The number of benzene rings is 3. The van der Waals surface area contributed by atoms with Gasteiger partial charge in [-0.3, -0.25) is 4.79 Å². The van der Waals surface area contributed by atoms with Crippen molar-refractivity contribution in [3.63, 3.8) is 0 Å². The van der Waals surface area contributed by atoms with Gasteiger partial charge in [0.15, 0.2) is 0 Å². The molecule has 5 rings (SSSR count). The zero-order valence-electron chi connectivity index (χ0n) is 19.1. The predicted molar refractivity (Wildman–Crippen MR) is 135 cm³/mol. The van der Waals surface area contributed by atoms with Gasteiger partial charge in [-0.15, -0.1) is 0 Å². The van der Waals surface area contributed by atoms with Crippen molar-refractivity contribution in [2.24, 2.45) is 0 Å². The first-order valence-electron chi connectivity index (χ1n) is 11.2. The third-order valence-electron chi connectivity index (χ3n) is 5.72. The molecule has 0 aliphatic rings. The lowest BCUT2D eigenvalue weighted by molar-refractivity contribution is -0.136. The maximum atomic E-state index is 11.0. The van der Waals surface area contributed by atoms with Crippen molar-refractivity contribution in [1.82, 2.24) is 9.97 Å². The maximum Gasteiger partial charge on any atom is 0.303 e. The molecule has 0 fully saturated rings. The summed E-state index contributed by atoms with van der Waals surface area (Å²) in [6, 6.07) is 25.3. The number of carboxylic acid groups (broad SMARTS) is 1. The number of anilines is 2. The van der Waals surface area contributed by atoms with Crippen molar-refractivity contribution >= 4 is 28.6 Å². The first kappa shape index (κ1) is 22.2. The Balaban J connectivity index is 1.64. The standard InChI is InChI=1S/C28H23N3O4/c1-34-22-13-11-19(12-14-22)24-25-27(31-21-9-5-6-18(16-21)10-15-23(32)33)29-17-30-28(25)35-26(24)20-7-3-2-4-8-20/h2-9,11-14,16-17H,10,15H2,1H3,(H,32,33)(H,29,30,31). The van der Waals surface area contributed by atoms with Crippen LogP contribution in [0.2, 0.25) is 0 Å². The molecule has 7 heteroatoms. The van der Waals surface area contributed by atoms with Gasteiger partial charge in [0.25, 0.3) is 0 Å². The van der Waals surface area contributed by atoms with Crippen LogP contribution in [0.4, 0.5) is 11.5 Å². The molecule has 0 saturated carbocycles. The molecule has 2 N–H and O–H groups in total. The van der Waals surface area contributed by atoms with Gasteiger partial charge in [-0.25, -0.2) is 9.97 Å². The normalized spacial score (nSPS) is 10.9. The molecule has 0 aliphatic heterocycles. The minimum absolute atomic E-state index is 0.0744. The SMILES string of the molecule is COc1ccc(-c2c(-c3ccccc3)oc3ncnc(Nc4cccc(CCC(=O)O)c4)c23)cc1. The zero-order valence-corrected chi connectivity index (χ0v) is 19.1. The van der Waals surface area contributed by atoms with E-state index < -0.39 is 5.97 Å². The highest BCUT2D eigenvalue weighted by atomic mass is 16.5. The van der Waals surface area contributed by atoms with Gasteiger partial charge in [0.05, 0.1) is 12.5 Å². The summed E-state index contributed by atoms with van der Waals surface area (Å²) in [5.74, 6) is 1.24. The van der Waals surface area contributed by atoms with Crippen molar-refractivity contribution in [1.29, 1.82) is 0 Å². The predicted octanol–water partition coefficient (Wildman–Crippen LogP) is 6.33. The van der Waals surface area contributed by atoms with Crippen LogP contribution in [0.15, 0.2) is 89.6 Å². The highest BCUT2D eigenvalue weighted by molar-refractivity contribution is 6.06. The van der Waals surface area contributed by atoms with E-state index >= 15 is 0 Å². The highest BCUT2D eigenvalue weighted by Gasteiger charge is 2.22. The topological polar surface area (TPSA) is 97.5 Å². The minimum atomic E-state index is -0.822. The number of carbonyl (C=O) groups is 1. The van der Waals surface area contributed by atoms with Crippen molar-refractivity contribution < 1.29 is 19.1 Å². The van der Waals surface area contributed by atoms with Gasteiger partial charge in [-0.2, -0.15) is 0 Å². The van der Waals surface area contributed by atoms with Crippen LogP contribution in [0.3, 0.4) is 0 Å². The molecule has 2 aromatic heterocycles. The summed E-state index contributed by atoms with van der Waals surface area (Å²) in [5.41, 5.74) is 4.94. The van der Waals surface area contributed by atoms with Gasteiger partial charge in [-0.1, -0.05) is 54.6 Å². The van der Waals surface area contributed by atoms with E-state index in [2.05, 4.69) is 15.3 Å². The lowest BCUT2D eigenvalue weighted by Gasteiger charge is -2.10.